The zero-order valence-electron chi connectivity index (χ0n) is 12.7. The van der Waals surface area contributed by atoms with E-state index in [9.17, 15) is 9.90 Å². The van der Waals surface area contributed by atoms with Gasteiger partial charge < -0.3 is 15.7 Å². The van der Waals surface area contributed by atoms with Crippen LogP contribution in [0, 0.1) is 11.3 Å². The molecule has 0 heterocycles. The number of urea groups is 1. The molecule has 0 aliphatic heterocycles. The lowest BCUT2D eigenvalue weighted by Gasteiger charge is -2.12. The number of rotatable bonds is 6. The quantitative estimate of drug-likeness (QED) is 0.766. The normalized spacial score (nSPS) is 11.3. The smallest absolute Gasteiger partial charge is 0.315 e. The second-order valence-corrected chi connectivity index (χ2v) is 5.13. The van der Waals surface area contributed by atoms with Gasteiger partial charge in [0, 0.05) is 13.1 Å². The van der Waals surface area contributed by atoms with Gasteiger partial charge in [-0.25, -0.2) is 4.79 Å². The molecule has 0 aliphatic carbocycles. The van der Waals surface area contributed by atoms with Crippen molar-refractivity contribution in [2.75, 3.05) is 6.54 Å². The third kappa shape index (κ3) is 5.46. The van der Waals surface area contributed by atoms with Gasteiger partial charge in [0.05, 0.1) is 17.7 Å². The van der Waals surface area contributed by atoms with Crippen molar-refractivity contribution in [2.24, 2.45) is 0 Å². The van der Waals surface area contributed by atoms with Crippen molar-refractivity contribution in [1.29, 1.82) is 5.26 Å². The summed E-state index contributed by atoms with van der Waals surface area (Å²) in [5.74, 6) is 0. The van der Waals surface area contributed by atoms with Crippen LogP contribution in [0.15, 0.2) is 54.6 Å². The first-order chi connectivity index (χ1) is 11.2. The van der Waals surface area contributed by atoms with E-state index in [0.29, 0.717) is 25.1 Å². The van der Waals surface area contributed by atoms with Gasteiger partial charge in [-0.05, 0) is 29.7 Å². The largest absolute Gasteiger partial charge is 0.388 e. The Bertz CT molecular complexity index is 663. The number of nitrogens with one attached hydrogen (secondary N) is 2. The van der Waals surface area contributed by atoms with Crippen molar-refractivity contribution in [3.05, 3.63) is 71.3 Å². The minimum absolute atomic E-state index is 0.283. The molecule has 5 heteroatoms. The third-order valence-corrected chi connectivity index (χ3v) is 3.42. The molecule has 0 saturated carbocycles. The number of nitriles is 1. The molecule has 0 fully saturated rings. The van der Waals surface area contributed by atoms with Crippen LogP contribution < -0.4 is 10.6 Å². The molecule has 118 valence electrons. The molecule has 2 aromatic rings. The van der Waals surface area contributed by atoms with Crippen LogP contribution in [-0.2, 0) is 6.54 Å². The van der Waals surface area contributed by atoms with Gasteiger partial charge in [-0.1, -0.05) is 42.5 Å². The molecule has 0 saturated heterocycles. The maximum absolute atomic E-state index is 11.7. The van der Waals surface area contributed by atoms with E-state index in [1.165, 1.54) is 0 Å². The van der Waals surface area contributed by atoms with E-state index in [1.807, 2.05) is 36.4 Å². The zero-order valence-corrected chi connectivity index (χ0v) is 12.7. The second-order valence-electron chi connectivity index (χ2n) is 5.13. The highest BCUT2D eigenvalue weighted by Gasteiger charge is 2.07. The highest BCUT2D eigenvalue weighted by molar-refractivity contribution is 5.73. The van der Waals surface area contributed by atoms with Gasteiger partial charge in [0.25, 0.3) is 0 Å². The molecule has 1 atom stereocenters. The first-order valence-corrected chi connectivity index (χ1v) is 7.43. The fourth-order valence-corrected chi connectivity index (χ4v) is 2.11. The van der Waals surface area contributed by atoms with Crippen molar-refractivity contribution in [1.82, 2.24) is 10.6 Å². The van der Waals surface area contributed by atoms with E-state index in [0.717, 1.165) is 11.1 Å². The maximum Gasteiger partial charge on any atom is 0.315 e. The lowest BCUT2D eigenvalue weighted by molar-refractivity contribution is 0.167. The monoisotopic (exact) mass is 309 g/mol. The van der Waals surface area contributed by atoms with E-state index in [1.54, 1.807) is 24.3 Å². The Kier molecular flexibility index (Phi) is 6.16. The molecule has 2 rings (SSSR count). The average molecular weight is 309 g/mol. The van der Waals surface area contributed by atoms with E-state index >= 15 is 0 Å². The molecule has 0 radical (unpaired) electrons. The van der Waals surface area contributed by atoms with Crippen LogP contribution in [-0.4, -0.2) is 17.7 Å². The summed E-state index contributed by atoms with van der Waals surface area (Å²) in [6, 6.07) is 18.1. The average Bonchev–Trinajstić information content (AvgIpc) is 2.61. The molecule has 0 aliphatic rings. The zero-order chi connectivity index (χ0) is 16.5. The molecule has 2 amide bonds. The predicted octanol–water partition coefficient (Wildman–Crippen LogP) is 2.48. The van der Waals surface area contributed by atoms with E-state index < -0.39 is 6.10 Å². The number of benzene rings is 2. The Balaban J connectivity index is 1.68. The van der Waals surface area contributed by atoms with Gasteiger partial charge in [0.2, 0.25) is 0 Å². The highest BCUT2D eigenvalue weighted by atomic mass is 16.3. The van der Waals surface area contributed by atoms with E-state index in [4.69, 9.17) is 5.26 Å². The van der Waals surface area contributed by atoms with Crippen molar-refractivity contribution < 1.29 is 9.90 Å². The SMILES string of the molecule is N#Cc1ccc(CNC(=O)NCCC(O)c2ccccc2)cc1. The molecule has 0 aromatic heterocycles. The van der Waals surface area contributed by atoms with Crippen LogP contribution in [0.3, 0.4) is 0 Å². The lowest BCUT2D eigenvalue weighted by atomic mass is 10.1. The molecule has 1 unspecified atom stereocenters. The highest BCUT2D eigenvalue weighted by Crippen LogP contribution is 2.14. The summed E-state index contributed by atoms with van der Waals surface area (Å²) in [5, 5.41) is 24.2. The number of aliphatic hydroxyl groups excluding tert-OH is 1. The summed E-state index contributed by atoms with van der Waals surface area (Å²) in [5.41, 5.74) is 2.35. The molecule has 23 heavy (non-hydrogen) atoms. The molecule has 5 nitrogen and oxygen atoms in total. The first-order valence-electron chi connectivity index (χ1n) is 7.43. The Hall–Kier alpha value is -2.84. The molecule has 2 aromatic carbocycles. The van der Waals surface area contributed by atoms with Gasteiger partial charge >= 0.3 is 6.03 Å². The van der Waals surface area contributed by atoms with Gasteiger partial charge in [-0.2, -0.15) is 5.26 Å². The predicted molar refractivity (Wildman–Crippen MR) is 87.4 cm³/mol. The van der Waals surface area contributed by atoms with Crippen molar-refractivity contribution in [2.45, 2.75) is 19.1 Å². The fourth-order valence-electron chi connectivity index (χ4n) is 2.11. The van der Waals surface area contributed by atoms with Crippen LogP contribution >= 0.6 is 0 Å². The van der Waals surface area contributed by atoms with Gasteiger partial charge in [0.15, 0.2) is 0 Å². The van der Waals surface area contributed by atoms with Crippen LogP contribution in [0.4, 0.5) is 4.79 Å². The topological polar surface area (TPSA) is 85.2 Å². The Labute approximate surface area is 135 Å². The van der Waals surface area contributed by atoms with Crippen LogP contribution in [0.25, 0.3) is 0 Å². The second kappa shape index (κ2) is 8.57. The number of carbonyl (C=O) groups excluding carboxylic acids is 1. The number of nitrogens with zero attached hydrogens (tertiary/aromatic N) is 1. The summed E-state index contributed by atoms with van der Waals surface area (Å²) in [6.07, 6.45) is -0.135. The molecule has 0 spiro atoms. The number of amides is 2. The van der Waals surface area contributed by atoms with E-state index in [2.05, 4.69) is 10.6 Å². The summed E-state index contributed by atoms with van der Waals surface area (Å²) >= 11 is 0. The summed E-state index contributed by atoms with van der Waals surface area (Å²) in [4.78, 5) is 11.7. The van der Waals surface area contributed by atoms with Crippen LogP contribution in [0.1, 0.15) is 29.2 Å². The van der Waals surface area contributed by atoms with Gasteiger partial charge in [-0.15, -0.1) is 0 Å². The summed E-state index contributed by atoms with van der Waals surface area (Å²) < 4.78 is 0. The lowest BCUT2D eigenvalue weighted by Crippen LogP contribution is -2.36. The van der Waals surface area contributed by atoms with Crippen molar-refractivity contribution >= 4 is 6.03 Å². The first kappa shape index (κ1) is 16.5. The van der Waals surface area contributed by atoms with Gasteiger partial charge in [-0.3, -0.25) is 0 Å². The van der Waals surface area contributed by atoms with Crippen molar-refractivity contribution in [3.8, 4) is 6.07 Å². The number of aliphatic hydroxyl groups is 1. The molecule has 0 bridgehead atoms. The number of hydrogen-bond donors (Lipinski definition) is 3. The van der Waals surface area contributed by atoms with Crippen LogP contribution in [0.2, 0.25) is 0 Å². The third-order valence-electron chi connectivity index (χ3n) is 3.42. The van der Waals surface area contributed by atoms with E-state index in [-0.39, 0.29) is 6.03 Å². The molecular formula is C18H19N3O2. The minimum atomic E-state index is -0.588. The maximum atomic E-state index is 11.7. The summed E-state index contributed by atoms with van der Waals surface area (Å²) in [6.45, 7) is 0.772. The Morgan fingerprint density at radius 1 is 1.09 bits per heavy atom. The summed E-state index contributed by atoms with van der Waals surface area (Å²) in [7, 11) is 0. The van der Waals surface area contributed by atoms with Crippen LogP contribution in [0.5, 0.6) is 0 Å². The van der Waals surface area contributed by atoms with Crippen molar-refractivity contribution in [3.63, 3.8) is 0 Å². The Morgan fingerprint density at radius 2 is 1.78 bits per heavy atom. The number of hydrogen-bond acceptors (Lipinski definition) is 3. The minimum Gasteiger partial charge on any atom is -0.388 e. The molecular weight excluding hydrogens is 290 g/mol. The standard InChI is InChI=1S/C18H19N3O2/c19-12-14-6-8-15(9-7-14)13-21-18(23)20-11-10-17(22)16-4-2-1-3-5-16/h1-9,17,22H,10-11,13H2,(H2,20,21,23). The molecule has 3 N–H and O–H groups in total. The number of carbonyl (C=O) groups is 1. The Morgan fingerprint density at radius 3 is 2.43 bits per heavy atom. The fraction of sp³-hybridized carbons (Fsp3) is 0.222. The van der Waals surface area contributed by atoms with Gasteiger partial charge in [0.1, 0.15) is 0 Å².